The Morgan fingerprint density at radius 3 is 2.41 bits per heavy atom. The van der Waals surface area contributed by atoms with Crippen molar-refractivity contribution in [3.05, 3.63) is 59.3 Å². The van der Waals surface area contributed by atoms with Gasteiger partial charge in [0, 0.05) is 5.56 Å². The minimum absolute atomic E-state index is 0.226. The zero-order valence-electron chi connectivity index (χ0n) is 17.1. The van der Waals surface area contributed by atoms with Gasteiger partial charge in [-0.3, -0.25) is 0 Å². The number of ether oxygens (including phenoxy) is 4. The molecule has 0 atom stereocenters. The third-order valence-electron chi connectivity index (χ3n) is 4.40. The quantitative estimate of drug-likeness (QED) is 0.487. The normalized spacial score (nSPS) is 14.7. The number of cyclic esters (lactones) is 1. The third-order valence-corrected chi connectivity index (χ3v) is 4.40. The van der Waals surface area contributed by atoms with E-state index in [-0.39, 0.29) is 11.6 Å². The second-order valence-corrected chi connectivity index (χ2v) is 7.01. The Labute approximate surface area is 170 Å². The standard InChI is InChI=1S/C23H25NO5/c1-15(2)11-12-28-18-8-6-17(7-9-18)22-24-19(23(25)29-22)13-16-5-10-20(26-3)21(14-16)27-4/h5-10,13-15H,11-12H2,1-4H3. The van der Waals surface area contributed by atoms with E-state index in [1.165, 1.54) is 0 Å². The highest BCUT2D eigenvalue weighted by molar-refractivity contribution is 6.12. The number of benzene rings is 2. The molecule has 152 valence electrons. The van der Waals surface area contributed by atoms with Crippen molar-refractivity contribution < 1.29 is 23.7 Å². The maximum atomic E-state index is 12.2. The van der Waals surface area contributed by atoms with Crippen LogP contribution in [0.15, 0.2) is 53.2 Å². The summed E-state index contributed by atoms with van der Waals surface area (Å²) in [5, 5.41) is 0. The van der Waals surface area contributed by atoms with Gasteiger partial charge in [-0.15, -0.1) is 0 Å². The molecule has 6 heteroatoms. The van der Waals surface area contributed by atoms with Crippen LogP contribution in [-0.2, 0) is 9.53 Å². The van der Waals surface area contributed by atoms with E-state index in [4.69, 9.17) is 18.9 Å². The number of hydrogen-bond acceptors (Lipinski definition) is 6. The topological polar surface area (TPSA) is 66.3 Å². The largest absolute Gasteiger partial charge is 0.494 e. The molecule has 0 N–H and O–H groups in total. The number of aliphatic imine (C=N–C) groups is 1. The summed E-state index contributed by atoms with van der Waals surface area (Å²) in [4.78, 5) is 16.6. The van der Waals surface area contributed by atoms with Gasteiger partial charge in [-0.2, -0.15) is 0 Å². The van der Waals surface area contributed by atoms with Crippen LogP contribution >= 0.6 is 0 Å². The fourth-order valence-corrected chi connectivity index (χ4v) is 2.74. The zero-order chi connectivity index (χ0) is 20.8. The average molecular weight is 395 g/mol. The fourth-order valence-electron chi connectivity index (χ4n) is 2.74. The predicted octanol–water partition coefficient (Wildman–Crippen LogP) is 4.47. The molecule has 0 saturated carbocycles. The molecule has 3 rings (SSSR count). The van der Waals surface area contributed by atoms with Crippen LogP contribution in [-0.4, -0.2) is 32.7 Å². The van der Waals surface area contributed by atoms with Crippen LogP contribution in [0.4, 0.5) is 0 Å². The lowest BCUT2D eigenvalue weighted by Crippen LogP contribution is -2.05. The van der Waals surface area contributed by atoms with Gasteiger partial charge >= 0.3 is 5.97 Å². The highest BCUT2D eigenvalue weighted by Crippen LogP contribution is 2.29. The highest BCUT2D eigenvalue weighted by atomic mass is 16.6. The number of esters is 1. The zero-order valence-corrected chi connectivity index (χ0v) is 17.1. The second-order valence-electron chi connectivity index (χ2n) is 7.01. The molecule has 6 nitrogen and oxygen atoms in total. The summed E-state index contributed by atoms with van der Waals surface area (Å²) < 4.78 is 21.6. The van der Waals surface area contributed by atoms with Crippen LogP contribution in [0.3, 0.4) is 0 Å². The van der Waals surface area contributed by atoms with Gasteiger partial charge in [0.15, 0.2) is 17.2 Å². The average Bonchev–Trinajstić information content (AvgIpc) is 3.08. The van der Waals surface area contributed by atoms with E-state index in [9.17, 15) is 4.79 Å². The molecule has 0 unspecified atom stereocenters. The van der Waals surface area contributed by atoms with Crippen molar-refractivity contribution in [1.82, 2.24) is 0 Å². The van der Waals surface area contributed by atoms with Crippen LogP contribution in [0.2, 0.25) is 0 Å². The molecule has 0 radical (unpaired) electrons. The first-order chi connectivity index (χ1) is 14.0. The smallest absolute Gasteiger partial charge is 0.363 e. The molecule has 29 heavy (non-hydrogen) atoms. The molecule has 0 saturated heterocycles. The molecule has 0 bridgehead atoms. The van der Waals surface area contributed by atoms with Crippen LogP contribution in [0, 0.1) is 5.92 Å². The summed E-state index contributed by atoms with van der Waals surface area (Å²) in [6.07, 6.45) is 2.65. The molecule has 0 aromatic heterocycles. The number of rotatable bonds is 8. The van der Waals surface area contributed by atoms with E-state index in [2.05, 4.69) is 18.8 Å². The van der Waals surface area contributed by atoms with Gasteiger partial charge in [0.05, 0.1) is 20.8 Å². The van der Waals surface area contributed by atoms with Gasteiger partial charge in [0.25, 0.3) is 0 Å². The molecular formula is C23H25NO5. The molecule has 2 aromatic carbocycles. The predicted molar refractivity (Wildman–Crippen MR) is 112 cm³/mol. The van der Waals surface area contributed by atoms with E-state index in [0.29, 0.717) is 29.6 Å². The Morgan fingerprint density at radius 2 is 1.76 bits per heavy atom. The van der Waals surface area contributed by atoms with Crippen molar-refractivity contribution in [2.75, 3.05) is 20.8 Å². The summed E-state index contributed by atoms with van der Waals surface area (Å²) >= 11 is 0. The minimum atomic E-state index is -0.493. The van der Waals surface area contributed by atoms with Crippen LogP contribution in [0.1, 0.15) is 31.4 Å². The lowest BCUT2D eigenvalue weighted by atomic mass is 10.1. The van der Waals surface area contributed by atoms with Gasteiger partial charge in [-0.05, 0) is 60.4 Å². The van der Waals surface area contributed by atoms with Gasteiger partial charge in [0.1, 0.15) is 5.75 Å². The first-order valence-corrected chi connectivity index (χ1v) is 9.48. The van der Waals surface area contributed by atoms with Crippen molar-refractivity contribution in [2.45, 2.75) is 20.3 Å². The minimum Gasteiger partial charge on any atom is -0.494 e. The molecule has 0 fully saturated rings. The SMILES string of the molecule is COc1ccc(C=C2N=C(c3ccc(OCCC(C)C)cc3)OC2=O)cc1OC. The summed E-state index contributed by atoms with van der Waals surface area (Å²) in [6, 6.07) is 12.7. The van der Waals surface area contributed by atoms with Crippen LogP contribution in [0.25, 0.3) is 6.08 Å². The second kappa shape index (κ2) is 9.28. The molecule has 1 aliphatic rings. The van der Waals surface area contributed by atoms with E-state index < -0.39 is 5.97 Å². The molecule has 0 amide bonds. The summed E-state index contributed by atoms with van der Waals surface area (Å²) in [7, 11) is 3.13. The van der Waals surface area contributed by atoms with Crippen molar-refractivity contribution in [2.24, 2.45) is 10.9 Å². The molecule has 1 heterocycles. The van der Waals surface area contributed by atoms with Crippen molar-refractivity contribution in [1.29, 1.82) is 0 Å². The number of methoxy groups -OCH3 is 2. The summed E-state index contributed by atoms with van der Waals surface area (Å²) in [5.41, 5.74) is 1.70. The van der Waals surface area contributed by atoms with Gasteiger partial charge in [-0.1, -0.05) is 19.9 Å². The Kier molecular flexibility index (Phi) is 6.54. The number of hydrogen-bond donors (Lipinski definition) is 0. The highest BCUT2D eigenvalue weighted by Gasteiger charge is 2.24. The molecule has 1 aliphatic heterocycles. The Balaban J connectivity index is 1.75. The summed E-state index contributed by atoms with van der Waals surface area (Å²) in [5.74, 6) is 2.34. The monoisotopic (exact) mass is 395 g/mol. The van der Waals surface area contributed by atoms with Crippen LogP contribution < -0.4 is 14.2 Å². The number of nitrogens with zero attached hydrogens (tertiary/aromatic N) is 1. The maximum absolute atomic E-state index is 12.2. The van der Waals surface area contributed by atoms with E-state index in [1.807, 2.05) is 30.3 Å². The third kappa shape index (κ3) is 5.16. The Bertz CT molecular complexity index is 929. The Hall–Kier alpha value is -3.28. The first-order valence-electron chi connectivity index (χ1n) is 9.48. The lowest BCUT2D eigenvalue weighted by molar-refractivity contribution is -0.129. The van der Waals surface area contributed by atoms with E-state index in [1.54, 1.807) is 32.4 Å². The van der Waals surface area contributed by atoms with Gasteiger partial charge in [-0.25, -0.2) is 9.79 Å². The Morgan fingerprint density at radius 1 is 1.03 bits per heavy atom. The fraction of sp³-hybridized carbons (Fsp3) is 0.304. The van der Waals surface area contributed by atoms with Crippen LogP contribution in [0.5, 0.6) is 17.2 Å². The van der Waals surface area contributed by atoms with E-state index >= 15 is 0 Å². The molecule has 0 spiro atoms. The van der Waals surface area contributed by atoms with E-state index in [0.717, 1.165) is 17.7 Å². The molecular weight excluding hydrogens is 370 g/mol. The maximum Gasteiger partial charge on any atom is 0.363 e. The lowest BCUT2D eigenvalue weighted by Gasteiger charge is -2.08. The summed E-state index contributed by atoms with van der Waals surface area (Å²) in [6.45, 7) is 4.99. The van der Waals surface area contributed by atoms with Gasteiger partial charge in [0.2, 0.25) is 5.90 Å². The van der Waals surface area contributed by atoms with Crippen molar-refractivity contribution >= 4 is 17.9 Å². The van der Waals surface area contributed by atoms with Crippen molar-refractivity contribution in [3.63, 3.8) is 0 Å². The molecule has 2 aromatic rings. The number of carbonyl (C=O) groups is 1. The van der Waals surface area contributed by atoms with Crippen molar-refractivity contribution in [3.8, 4) is 17.2 Å². The molecule has 0 aliphatic carbocycles. The first kappa shape index (κ1) is 20.5. The van der Waals surface area contributed by atoms with Gasteiger partial charge < -0.3 is 18.9 Å². The number of carbonyl (C=O) groups excluding carboxylic acids is 1.